The van der Waals surface area contributed by atoms with E-state index in [-0.39, 0.29) is 6.54 Å². The fraction of sp³-hybridized carbons (Fsp3) is 0.417. The van der Waals surface area contributed by atoms with E-state index in [1.54, 1.807) is 24.3 Å². The van der Waals surface area contributed by atoms with Gasteiger partial charge in [0.2, 0.25) is 0 Å². The van der Waals surface area contributed by atoms with Crippen molar-refractivity contribution in [2.24, 2.45) is 0 Å². The SMILES string of the molecule is CCOc1ccc(NCC(C)(O)C(=O)O)cc1. The molecule has 0 radical (unpaired) electrons. The summed E-state index contributed by atoms with van der Waals surface area (Å²) >= 11 is 0. The van der Waals surface area contributed by atoms with E-state index in [1.165, 1.54) is 6.92 Å². The lowest BCUT2D eigenvalue weighted by Crippen LogP contribution is -2.41. The fourth-order valence-corrected chi connectivity index (χ4v) is 1.19. The molecule has 0 aromatic heterocycles. The second-order valence-corrected chi connectivity index (χ2v) is 3.89. The summed E-state index contributed by atoms with van der Waals surface area (Å²) in [5, 5.41) is 21.1. The fourth-order valence-electron chi connectivity index (χ4n) is 1.19. The number of carbonyl (C=O) groups is 1. The lowest BCUT2D eigenvalue weighted by Gasteiger charge is -2.19. The Hall–Kier alpha value is -1.75. The molecule has 1 atom stereocenters. The molecule has 0 aliphatic heterocycles. The quantitative estimate of drug-likeness (QED) is 0.698. The Bertz CT molecular complexity index is 373. The molecule has 0 saturated carbocycles. The zero-order valence-corrected chi connectivity index (χ0v) is 9.93. The van der Waals surface area contributed by atoms with Gasteiger partial charge >= 0.3 is 5.97 Å². The van der Waals surface area contributed by atoms with E-state index in [2.05, 4.69) is 5.32 Å². The van der Waals surface area contributed by atoms with E-state index in [1.807, 2.05) is 6.92 Å². The van der Waals surface area contributed by atoms with E-state index < -0.39 is 11.6 Å². The molecule has 0 aliphatic rings. The topological polar surface area (TPSA) is 78.8 Å². The van der Waals surface area contributed by atoms with Crippen LogP contribution >= 0.6 is 0 Å². The van der Waals surface area contributed by atoms with Gasteiger partial charge in [0, 0.05) is 5.69 Å². The summed E-state index contributed by atoms with van der Waals surface area (Å²) in [6, 6.07) is 7.09. The smallest absolute Gasteiger partial charge is 0.337 e. The van der Waals surface area contributed by atoms with Crippen molar-refractivity contribution in [2.45, 2.75) is 19.4 Å². The molecule has 1 unspecified atom stereocenters. The van der Waals surface area contributed by atoms with Gasteiger partial charge in [-0.15, -0.1) is 0 Å². The van der Waals surface area contributed by atoms with Gasteiger partial charge in [-0.25, -0.2) is 4.79 Å². The van der Waals surface area contributed by atoms with Crippen LogP contribution in [0, 0.1) is 0 Å². The predicted octanol–water partition coefficient (Wildman–Crippen LogP) is 1.33. The maximum Gasteiger partial charge on any atom is 0.337 e. The number of hydrogen-bond donors (Lipinski definition) is 3. The largest absolute Gasteiger partial charge is 0.494 e. The molecule has 0 spiro atoms. The predicted molar refractivity (Wildman–Crippen MR) is 64.4 cm³/mol. The highest BCUT2D eigenvalue weighted by Gasteiger charge is 2.29. The lowest BCUT2D eigenvalue weighted by molar-refractivity contribution is -0.155. The molecule has 0 fully saturated rings. The second-order valence-electron chi connectivity index (χ2n) is 3.89. The summed E-state index contributed by atoms with van der Waals surface area (Å²) in [6.45, 7) is 3.68. The number of benzene rings is 1. The van der Waals surface area contributed by atoms with Crippen molar-refractivity contribution in [3.8, 4) is 5.75 Å². The van der Waals surface area contributed by atoms with Crippen LogP contribution in [0.2, 0.25) is 0 Å². The first kappa shape index (κ1) is 13.3. The van der Waals surface area contributed by atoms with Crippen molar-refractivity contribution in [3.05, 3.63) is 24.3 Å². The maximum atomic E-state index is 10.7. The Morgan fingerprint density at radius 1 is 1.41 bits per heavy atom. The molecule has 17 heavy (non-hydrogen) atoms. The molecular formula is C12H17NO4. The van der Waals surface area contributed by atoms with Crippen LogP contribution in [-0.2, 0) is 4.79 Å². The number of nitrogens with one attached hydrogen (secondary N) is 1. The first-order chi connectivity index (χ1) is 7.95. The van der Waals surface area contributed by atoms with Crippen molar-refractivity contribution >= 4 is 11.7 Å². The molecule has 1 aromatic carbocycles. The molecule has 94 valence electrons. The molecule has 0 heterocycles. The van der Waals surface area contributed by atoms with Crippen LogP contribution in [0.25, 0.3) is 0 Å². The van der Waals surface area contributed by atoms with Crippen molar-refractivity contribution in [3.63, 3.8) is 0 Å². The number of aliphatic carboxylic acids is 1. The highest BCUT2D eigenvalue weighted by Crippen LogP contribution is 2.16. The van der Waals surface area contributed by atoms with Gasteiger partial charge in [0.25, 0.3) is 0 Å². The summed E-state index contributed by atoms with van der Waals surface area (Å²) < 4.78 is 5.27. The standard InChI is InChI=1S/C12H17NO4/c1-3-17-10-6-4-9(5-7-10)13-8-12(2,16)11(14)15/h4-7,13,16H,3,8H2,1-2H3,(H,14,15). The average molecular weight is 239 g/mol. The van der Waals surface area contributed by atoms with Crippen LogP contribution < -0.4 is 10.1 Å². The van der Waals surface area contributed by atoms with Gasteiger partial charge in [-0.2, -0.15) is 0 Å². The molecule has 5 nitrogen and oxygen atoms in total. The summed E-state index contributed by atoms with van der Waals surface area (Å²) in [7, 11) is 0. The number of aliphatic hydroxyl groups is 1. The van der Waals surface area contributed by atoms with Crippen molar-refractivity contribution in [2.75, 3.05) is 18.5 Å². The molecule has 0 saturated heterocycles. The third-order valence-corrected chi connectivity index (χ3v) is 2.26. The van der Waals surface area contributed by atoms with Crippen molar-refractivity contribution in [1.29, 1.82) is 0 Å². The van der Waals surface area contributed by atoms with Gasteiger partial charge in [0.05, 0.1) is 13.2 Å². The molecule has 0 bridgehead atoms. The Morgan fingerprint density at radius 2 is 2.00 bits per heavy atom. The number of carboxylic acids is 1. The second kappa shape index (κ2) is 5.54. The first-order valence-corrected chi connectivity index (χ1v) is 5.38. The minimum atomic E-state index is -1.78. The van der Waals surface area contributed by atoms with E-state index in [0.717, 1.165) is 11.4 Å². The van der Waals surface area contributed by atoms with Crippen molar-refractivity contribution in [1.82, 2.24) is 0 Å². The van der Waals surface area contributed by atoms with Gasteiger partial charge in [0.15, 0.2) is 5.60 Å². The molecule has 0 amide bonds. The zero-order chi connectivity index (χ0) is 12.9. The normalized spacial score (nSPS) is 13.8. The number of anilines is 1. The molecule has 0 aliphatic carbocycles. The van der Waals surface area contributed by atoms with Crippen LogP contribution in [-0.4, -0.2) is 34.9 Å². The number of carboxylic acid groups (broad SMARTS) is 1. The Morgan fingerprint density at radius 3 is 2.47 bits per heavy atom. The molecule has 1 aromatic rings. The van der Waals surface area contributed by atoms with Gasteiger partial charge in [-0.05, 0) is 38.1 Å². The van der Waals surface area contributed by atoms with Gasteiger partial charge in [0.1, 0.15) is 5.75 Å². The van der Waals surface area contributed by atoms with E-state index in [4.69, 9.17) is 9.84 Å². The minimum absolute atomic E-state index is 0.0592. The molecule has 1 rings (SSSR count). The van der Waals surface area contributed by atoms with Crippen molar-refractivity contribution < 1.29 is 19.7 Å². The summed E-state index contributed by atoms with van der Waals surface area (Å²) in [4.78, 5) is 10.7. The number of ether oxygens (including phenoxy) is 1. The van der Waals surface area contributed by atoms with Crippen LogP contribution in [0.1, 0.15) is 13.8 Å². The Balaban J connectivity index is 2.55. The highest BCUT2D eigenvalue weighted by molar-refractivity contribution is 5.77. The van der Waals surface area contributed by atoms with Gasteiger partial charge < -0.3 is 20.3 Å². The van der Waals surface area contributed by atoms with E-state index in [0.29, 0.717) is 6.61 Å². The Kier molecular flexibility index (Phi) is 4.34. The Labute approximate surface area is 100 Å². The lowest BCUT2D eigenvalue weighted by atomic mass is 10.1. The summed E-state index contributed by atoms with van der Waals surface area (Å²) in [5.74, 6) is -0.501. The number of hydrogen-bond acceptors (Lipinski definition) is 4. The monoisotopic (exact) mass is 239 g/mol. The average Bonchev–Trinajstić information content (AvgIpc) is 2.28. The first-order valence-electron chi connectivity index (χ1n) is 5.38. The van der Waals surface area contributed by atoms with Gasteiger partial charge in [-0.3, -0.25) is 0 Å². The minimum Gasteiger partial charge on any atom is -0.494 e. The molecule has 3 N–H and O–H groups in total. The van der Waals surface area contributed by atoms with Crippen LogP contribution in [0.4, 0.5) is 5.69 Å². The molecular weight excluding hydrogens is 222 g/mol. The maximum absolute atomic E-state index is 10.7. The summed E-state index contributed by atoms with van der Waals surface area (Å²) in [6.07, 6.45) is 0. The van der Waals surface area contributed by atoms with Crippen LogP contribution in [0.15, 0.2) is 24.3 Å². The third-order valence-electron chi connectivity index (χ3n) is 2.26. The molecule has 5 heteroatoms. The van der Waals surface area contributed by atoms with Crippen LogP contribution in [0.5, 0.6) is 5.75 Å². The zero-order valence-electron chi connectivity index (χ0n) is 9.93. The summed E-state index contributed by atoms with van der Waals surface area (Å²) in [5.41, 5.74) is -1.05. The van der Waals surface area contributed by atoms with E-state index >= 15 is 0 Å². The highest BCUT2D eigenvalue weighted by atomic mass is 16.5. The third kappa shape index (κ3) is 3.96. The number of rotatable bonds is 6. The van der Waals surface area contributed by atoms with E-state index in [9.17, 15) is 9.90 Å². The van der Waals surface area contributed by atoms with Crippen LogP contribution in [0.3, 0.4) is 0 Å². The van der Waals surface area contributed by atoms with Gasteiger partial charge in [-0.1, -0.05) is 0 Å².